The lowest BCUT2D eigenvalue weighted by Gasteiger charge is -2.36. The molecule has 0 spiro atoms. The van der Waals surface area contributed by atoms with Gasteiger partial charge in [0.15, 0.2) is 6.61 Å². The number of thiocarbonyl (C=S) groups is 1. The monoisotopic (exact) mass is 306 g/mol. The van der Waals surface area contributed by atoms with E-state index in [2.05, 4.69) is 13.8 Å². The Labute approximate surface area is 131 Å². The number of nitrogens with zero attached hydrogens (tertiary/aromatic N) is 1. The number of hydrogen-bond donors (Lipinski definition) is 1. The molecular weight excluding hydrogens is 284 g/mol. The van der Waals surface area contributed by atoms with E-state index in [0.29, 0.717) is 22.7 Å². The van der Waals surface area contributed by atoms with Gasteiger partial charge in [0, 0.05) is 18.2 Å². The maximum absolute atomic E-state index is 12.2. The number of carbonyl (C=O) groups excluding carboxylic acids is 1. The van der Waals surface area contributed by atoms with Crippen LogP contribution < -0.4 is 10.5 Å². The Morgan fingerprint density at radius 1 is 1.38 bits per heavy atom. The fraction of sp³-hybridized carbons (Fsp3) is 0.500. The third-order valence-electron chi connectivity index (χ3n) is 3.96. The van der Waals surface area contributed by atoms with Crippen LogP contribution in [0.3, 0.4) is 0 Å². The molecule has 5 heteroatoms. The molecule has 21 heavy (non-hydrogen) atoms. The average Bonchev–Trinajstić information content (AvgIpc) is 2.45. The van der Waals surface area contributed by atoms with Crippen LogP contribution in [-0.2, 0) is 4.79 Å². The Hall–Kier alpha value is -1.62. The van der Waals surface area contributed by atoms with Crippen molar-refractivity contribution in [1.29, 1.82) is 0 Å². The van der Waals surface area contributed by atoms with Crippen molar-refractivity contribution in [1.82, 2.24) is 4.90 Å². The molecule has 0 bridgehead atoms. The zero-order valence-electron chi connectivity index (χ0n) is 12.5. The van der Waals surface area contributed by atoms with Gasteiger partial charge in [-0.2, -0.15) is 0 Å². The van der Waals surface area contributed by atoms with E-state index >= 15 is 0 Å². The summed E-state index contributed by atoms with van der Waals surface area (Å²) in [6.07, 6.45) is 2.13. The number of amides is 1. The van der Waals surface area contributed by atoms with Crippen molar-refractivity contribution in [3.05, 3.63) is 29.8 Å². The molecule has 1 aromatic carbocycles. The number of nitrogens with two attached hydrogens (primary N) is 1. The van der Waals surface area contributed by atoms with E-state index in [1.165, 1.54) is 0 Å². The minimum atomic E-state index is 0.0489. The predicted octanol–water partition coefficient (Wildman–Crippen LogP) is 2.35. The molecule has 0 aliphatic carbocycles. The summed E-state index contributed by atoms with van der Waals surface area (Å²) in [5.74, 6) is 1.40. The molecule has 1 aliphatic rings. The van der Waals surface area contributed by atoms with E-state index in [1.54, 1.807) is 24.3 Å². The first-order chi connectivity index (χ1) is 9.97. The number of likely N-dealkylation sites (tertiary alicyclic amines) is 1. The lowest BCUT2D eigenvalue weighted by atomic mass is 9.93. The Kier molecular flexibility index (Phi) is 5.17. The number of ether oxygens (including phenoxy) is 1. The van der Waals surface area contributed by atoms with Crippen LogP contribution in [0.5, 0.6) is 5.75 Å². The second-order valence-electron chi connectivity index (χ2n) is 5.74. The van der Waals surface area contributed by atoms with Crippen molar-refractivity contribution in [3.63, 3.8) is 0 Å². The van der Waals surface area contributed by atoms with Gasteiger partial charge in [0.25, 0.3) is 5.91 Å². The third kappa shape index (κ3) is 4.17. The standard InChI is InChI=1S/C16H22N2O2S/c1-11-7-8-18(12(2)9-11)15(19)10-20-14-5-3-13(4-6-14)16(17)21/h3-6,11-12H,7-10H2,1-2H3,(H2,17,21). The van der Waals surface area contributed by atoms with Crippen LogP contribution in [0.25, 0.3) is 0 Å². The van der Waals surface area contributed by atoms with Crippen LogP contribution in [0.1, 0.15) is 32.3 Å². The second kappa shape index (κ2) is 6.89. The minimum Gasteiger partial charge on any atom is -0.484 e. The van der Waals surface area contributed by atoms with Gasteiger partial charge in [-0.05, 0) is 49.9 Å². The summed E-state index contributed by atoms with van der Waals surface area (Å²) in [5, 5.41) is 0. The van der Waals surface area contributed by atoms with Crippen LogP contribution in [0.2, 0.25) is 0 Å². The quantitative estimate of drug-likeness (QED) is 0.868. The maximum atomic E-state index is 12.2. The van der Waals surface area contributed by atoms with Gasteiger partial charge in [0.1, 0.15) is 10.7 Å². The zero-order chi connectivity index (χ0) is 15.4. The molecule has 1 amide bonds. The summed E-state index contributed by atoms with van der Waals surface area (Å²) in [6.45, 7) is 5.23. The van der Waals surface area contributed by atoms with E-state index in [0.717, 1.165) is 24.9 Å². The highest BCUT2D eigenvalue weighted by Crippen LogP contribution is 2.22. The lowest BCUT2D eigenvalue weighted by Crippen LogP contribution is -2.46. The Balaban J connectivity index is 1.87. The number of benzene rings is 1. The van der Waals surface area contributed by atoms with Crippen molar-refractivity contribution in [2.75, 3.05) is 13.2 Å². The topological polar surface area (TPSA) is 55.6 Å². The molecule has 0 aromatic heterocycles. The highest BCUT2D eigenvalue weighted by molar-refractivity contribution is 7.80. The summed E-state index contributed by atoms with van der Waals surface area (Å²) < 4.78 is 5.56. The van der Waals surface area contributed by atoms with Crippen molar-refractivity contribution < 1.29 is 9.53 Å². The van der Waals surface area contributed by atoms with E-state index in [9.17, 15) is 4.79 Å². The van der Waals surface area contributed by atoms with Gasteiger partial charge < -0.3 is 15.4 Å². The smallest absolute Gasteiger partial charge is 0.260 e. The van der Waals surface area contributed by atoms with E-state index in [1.807, 2.05) is 4.90 Å². The zero-order valence-corrected chi connectivity index (χ0v) is 13.4. The molecule has 2 N–H and O–H groups in total. The third-order valence-corrected chi connectivity index (χ3v) is 4.20. The molecule has 1 fully saturated rings. The fourth-order valence-electron chi connectivity index (χ4n) is 2.72. The Bertz CT molecular complexity index is 516. The first-order valence-corrected chi connectivity index (χ1v) is 7.70. The molecule has 2 rings (SSSR count). The number of rotatable bonds is 4. The molecule has 1 heterocycles. The number of piperidine rings is 1. The lowest BCUT2D eigenvalue weighted by molar-refractivity contribution is -0.137. The molecule has 1 aliphatic heterocycles. The summed E-state index contributed by atoms with van der Waals surface area (Å²) in [7, 11) is 0. The van der Waals surface area contributed by atoms with Crippen LogP contribution >= 0.6 is 12.2 Å². The summed E-state index contributed by atoms with van der Waals surface area (Å²) in [6, 6.07) is 7.45. The minimum absolute atomic E-state index is 0.0489. The van der Waals surface area contributed by atoms with Crippen molar-refractivity contribution >= 4 is 23.1 Å². The first-order valence-electron chi connectivity index (χ1n) is 7.29. The second-order valence-corrected chi connectivity index (χ2v) is 6.18. The molecule has 4 nitrogen and oxygen atoms in total. The summed E-state index contributed by atoms with van der Waals surface area (Å²) in [5.41, 5.74) is 6.33. The Morgan fingerprint density at radius 2 is 2.05 bits per heavy atom. The van der Waals surface area contributed by atoms with Gasteiger partial charge in [-0.1, -0.05) is 19.1 Å². The molecule has 0 saturated carbocycles. The number of carbonyl (C=O) groups is 1. The summed E-state index contributed by atoms with van der Waals surface area (Å²) >= 11 is 4.90. The molecule has 2 atom stereocenters. The van der Waals surface area contributed by atoms with Gasteiger partial charge >= 0.3 is 0 Å². The van der Waals surface area contributed by atoms with Gasteiger partial charge in [-0.3, -0.25) is 4.79 Å². The molecule has 1 saturated heterocycles. The predicted molar refractivity (Wildman–Crippen MR) is 87.4 cm³/mol. The Morgan fingerprint density at radius 3 is 2.62 bits per heavy atom. The van der Waals surface area contributed by atoms with E-state index < -0.39 is 0 Å². The summed E-state index contributed by atoms with van der Waals surface area (Å²) in [4.78, 5) is 14.5. The van der Waals surface area contributed by atoms with Crippen LogP contribution in [0, 0.1) is 5.92 Å². The van der Waals surface area contributed by atoms with Crippen molar-refractivity contribution in [2.45, 2.75) is 32.7 Å². The molecule has 114 valence electrons. The fourth-order valence-corrected chi connectivity index (χ4v) is 2.86. The van der Waals surface area contributed by atoms with Crippen LogP contribution in [-0.4, -0.2) is 35.0 Å². The largest absolute Gasteiger partial charge is 0.484 e. The SMILES string of the molecule is CC1CCN(C(=O)COc2ccc(C(N)=S)cc2)C(C)C1. The average molecular weight is 306 g/mol. The molecule has 1 aromatic rings. The van der Waals surface area contributed by atoms with Gasteiger partial charge in [0.05, 0.1) is 0 Å². The first kappa shape index (κ1) is 15.8. The van der Waals surface area contributed by atoms with Crippen LogP contribution in [0.15, 0.2) is 24.3 Å². The van der Waals surface area contributed by atoms with Gasteiger partial charge in [-0.25, -0.2) is 0 Å². The maximum Gasteiger partial charge on any atom is 0.260 e. The molecule has 0 radical (unpaired) electrons. The normalized spacial score (nSPS) is 21.9. The van der Waals surface area contributed by atoms with E-state index in [-0.39, 0.29) is 12.5 Å². The van der Waals surface area contributed by atoms with Crippen LogP contribution in [0.4, 0.5) is 0 Å². The highest BCUT2D eigenvalue weighted by atomic mass is 32.1. The molecule has 2 unspecified atom stereocenters. The van der Waals surface area contributed by atoms with Crippen molar-refractivity contribution in [3.8, 4) is 5.75 Å². The molecular formula is C16H22N2O2S. The highest BCUT2D eigenvalue weighted by Gasteiger charge is 2.26. The van der Waals surface area contributed by atoms with Gasteiger partial charge in [-0.15, -0.1) is 0 Å². The number of hydrogen-bond acceptors (Lipinski definition) is 3. The van der Waals surface area contributed by atoms with Crippen molar-refractivity contribution in [2.24, 2.45) is 11.7 Å². The van der Waals surface area contributed by atoms with E-state index in [4.69, 9.17) is 22.7 Å². The van der Waals surface area contributed by atoms with Gasteiger partial charge in [0.2, 0.25) is 0 Å².